The molecule has 0 aliphatic rings. The summed E-state index contributed by atoms with van der Waals surface area (Å²) in [6, 6.07) is 1.40. The van der Waals surface area contributed by atoms with Crippen LogP contribution < -0.4 is 0 Å². The van der Waals surface area contributed by atoms with E-state index in [1.165, 1.54) is 0 Å². The number of nitro groups is 1. The van der Waals surface area contributed by atoms with Gasteiger partial charge in [-0.15, -0.1) is 0 Å². The Hall–Kier alpha value is -2.31. The summed E-state index contributed by atoms with van der Waals surface area (Å²) < 4.78 is 0. The van der Waals surface area contributed by atoms with E-state index in [-0.39, 0.29) is 0 Å². The van der Waals surface area contributed by atoms with Gasteiger partial charge in [0.2, 0.25) is 5.75 Å². The van der Waals surface area contributed by atoms with Crippen LogP contribution in [0.3, 0.4) is 0 Å². The largest absolute Gasteiger partial charge is 0.508 e. The van der Waals surface area contributed by atoms with Gasteiger partial charge in [0.1, 0.15) is 11.3 Å². The molecule has 0 unspecified atom stereocenters. The molecule has 0 saturated carbocycles. The zero-order valence-corrected chi connectivity index (χ0v) is 6.67. The van der Waals surface area contributed by atoms with Gasteiger partial charge in [-0.2, -0.15) is 0 Å². The van der Waals surface area contributed by atoms with Crippen LogP contribution >= 0.6 is 0 Å². The molecule has 0 radical (unpaired) electrons. The van der Waals surface area contributed by atoms with E-state index >= 15 is 0 Å². The molecule has 1 aromatic rings. The van der Waals surface area contributed by atoms with E-state index < -0.39 is 33.6 Å². The molecule has 0 fully saturated rings. The first kappa shape index (κ1) is 9.78. The Morgan fingerprint density at radius 3 is 2.36 bits per heavy atom. The lowest BCUT2D eigenvalue weighted by atomic mass is 10.1. The minimum Gasteiger partial charge on any atom is -0.508 e. The number of hydrogen-bond acceptors (Lipinski definition) is 5. The summed E-state index contributed by atoms with van der Waals surface area (Å²) in [6.45, 7) is 0. The molecule has 3 N–H and O–H groups in total. The fraction of sp³-hybridized carbons (Fsp3) is 0. The second-order valence-electron chi connectivity index (χ2n) is 2.42. The summed E-state index contributed by atoms with van der Waals surface area (Å²) in [7, 11) is 0. The molecule has 0 aromatic heterocycles. The van der Waals surface area contributed by atoms with Gasteiger partial charge in [-0.3, -0.25) is 10.1 Å². The van der Waals surface area contributed by atoms with E-state index in [4.69, 9.17) is 15.3 Å². The molecule has 0 aliphatic carbocycles. The molecule has 0 aliphatic heterocycles. The molecule has 0 amide bonds. The Morgan fingerprint density at radius 2 is 1.93 bits per heavy atom. The number of rotatable bonds is 2. The zero-order chi connectivity index (χ0) is 10.9. The monoisotopic (exact) mass is 199 g/mol. The number of benzene rings is 1. The van der Waals surface area contributed by atoms with Crippen LogP contribution in [-0.2, 0) is 0 Å². The van der Waals surface area contributed by atoms with Gasteiger partial charge < -0.3 is 15.3 Å². The quantitative estimate of drug-likeness (QED) is 0.366. The highest BCUT2D eigenvalue weighted by Gasteiger charge is 2.22. The van der Waals surface area contributed by atoms with E-state index in [1.54, 1.807) is 0 Å². The molecule has 0 atom stereocenters. The zero-order valence-electron chi connectivity index (χ0n) is 6.67. The summed E-state index contributed by atoms with van der Waals surface area (Å²) in [5, 5.41) is 36.9. The van der Waals surface area contributed by atoms with Crippen molar-refractivity contribution in [2.24, 2.45) is 0 Å². The lowest BCUT2D eigenvalue weighted by Crippen LogP contribution is -1.99. The molecule has 1 aromatic carbocycles. The maximum absolute atomic E-state index is 10.5. The van der Waals surface area contributed by atoms with Crippen molar-refractivity contribution in [1.29, 1.82) is 0 Å². The predicted octanol–water partition coefficient (Wildman–Crippen LogP) is 0.704. The highest BCUT2D eigenvalue weighted by atomic mass is 16.6. The molecule has 0 heterocycles. The highest BCUT2D eigenvalue weighted by Crippen LogP contribution is 2.33. The van der Waals surface area contributed by atoms with Crippen molar-refractivity contribution in [3.8, 4) is 11.5 Å². The van der Waals surface area contributed by atoms with E-state index in [9.17, 15) is 14.9 Å². The number of carboxylic acids is 1. The number of phenols is 2. The van der Waals surface area contributed by atoms with E-state index in [2.05, 4.69) is 0 Å². The van der Waals surface area contributed by atoms with Gasteiger partial charge in [0.15, 0.2) is 0 Å². The first-order valence-electron chi connectivity index (χ1n) is 3.37. The third kappa shape index (κ3) is 1.56. The van der Waals surface area contributed by atoms with Crippen LogP contribution in [-0.4, -0.2) is 26.2 Å². The van der Waals surface area contributed by atoms with E-state index in [0.29, 0.717) is 6.07 Å². The lowest BCUT2D eigenvalue weighted by molar-refractivity contribution is -0.386. The minimum absolute atomic E-state index is 0.591. The maximum atomic E-state index is 10.5. The molecule has 0 saturated heterocycles. The average Bonchev–Trinajstić information content (AvgIpc) is 2.07. The van der Waals surface area contributed by atoms with Crippen molar-refractivity contribution in [3.63, 3.8) is 0 Å². The lowest BCUT2D eigenvalue weighted by Gasteiger charge is -2.01. The molecule has 14 heavy (non-hydrogen) atoms. The maximum Gasteiger partial charge on any atom is 0.339 e. The Morgan fingerprint density at radius 1 is 1.36 bits per heavy atom. The normalized spacial score (nSPS) is 9.71. The topological polar surface area (TPSA) is 121 Å². The van der Waals surface area contributed by atoms with E-state index in [0.717, 1.165) is 6.07 Å². The number of nitro benzene ring substituents is 1. The van der Waals surface area contributed by atoms with Gasteiger partial charge in [0.25, 0.3) is 0 Å². The summed E-state index contributed by atoms with van der Waals surface area (Å²) in [6.07, 6.45) is 0. The van der Waals surface area contributed by atoms with Gasteiger partial charge in [0.05, 0.1) is 11.0 Å². The number of carboxylic acid groups (broad SMARTS) is 1. The molecule has 7 nitrogen and oxygen atoms in total. The molecular formula is C7H5NO6. The summed E-state index contributed by atoms with van der Waals surface area (Å²) >= 11 is 0. The summed E-state index contributed by atoms with van der Waals surface area (Å²) in [5.74, 6) is -3.12. The summed E-state index contributed by atoms with van der Waals surface area (Å²) in [5.41, 5.74) is -1.56. The SMILES string of the molecule is O=C(O)c1cc(O)cc([N+](=O)[O-])c1O. The van der Waals surface area contributed by atoms with Crippen molar-refractivity contribution in [3.05, 3.63) is 27.8 Å². The molecule has 7 heteroatoms. The molecular weight excluding hydrogens is 194 g/mol. The smallest absolute Gasteiger partial charge is 0.339 e. The van der Waals surface area contributed by atoms with Gasteiger partial charge >= 0.3 is 11.7 Å². The Labute approximate surface area is 77.0 Å². The second-order valence-corrected chi connectivity index (χ2v) is 2.42. The number of hydrogen-bond donors (Lipinski definition) is 3. The number of nitrogens with zero attached hydrogens (tertiary/aromatic N) is 1. The number of phenolic OH excluding ortho intramolecular Hbond substituents is 1. The second kappa shape index (κ2) is 3.21. The predicted molar refractivity (Wildman–Crippen MR) is 43.4 cm³/mol. The molecule has 74 valence electrons. The van der Waals surface area contributed by atoms with Crippen LogP contribution in [0.15, 0.2) is 12.1 Å². The summed E-state index contributed by atoms with van der Waals surface area (Å²) in [4.78, 5) is 19.8. The number of aromatic carboxylic acids is 1. The minimum atomic E-state index is -1.55. The Kier molecular flexibility index (Phi) is 2.24. The van der Waals surface area contributed by atoms with Crippen molar-refractivity contribution in [2.75, 3.05) is 0 Å². The van der Waals surface area contributed by atoms with Crippen molar-refractivity contribution < 1.29 is 25.0 Å². The first-order valence-corrected chi connectivity index (χ1v) is 3.37. The van der Waals surface area contributed by atoms with Gasteiger partial charge in [-0.05, 0) is 6.07 Å². The molecule has 1 rings (SSSR count). The fourth-order valence-corrected chi connectivity index (χ4v) is 0.907. The van der Waals surface area contributed by atoms with Gasteiger partial charge in [-0.1, -0.05) is 0 Å². The van der Waals surface area contributed by atoms with E-state index in [1.807, 2.05) is 0 Å². The van der Waals surface area contributed by atoms with Crippen LogP contribution in [0.5, 0.6) is 11.5 Å². The molecule has 0 spiro atoms. The van der Waals surface area contributed by atoms with Crippen molar-refractivity contribution in [2.45, 2.75) is 0 Å². The highest BCUT2D eigenvalue weighted by molar-refractivity contribution is 5.93. The first-order chi connectivity index (χ1) is 6.43. The van der Waals surface area contributed by atoms with Gasteiger partial charge in [0, 0.05) is 0 Å². The van der Waals surface area contributed by atoms with Crippen LogP contribution in [0, 0.1) is 10.1 Å². The van der Waals surface area contributed by atoms with Crippen LogP contribution in [0.2, 0.25) is 0 Å². The number of aromatic hydroxyl groups is 2. The van der Waals surface area contributed by atoms with Crippen LogP contribution in [0.25, 0.3) is 0 Å². The third-order valence-electron chi connectivity index (χ3n) is 1.50. The molecule has 0 bridgehead atoms. The standard InChI is InChI=1S/C7H5NO6/c9-3-1-4(7(11)12)6(10)5(2-3)8(13)14/h1-2,9-10H,(H,11,12). The third-order valence-corrected chi connectivity index (χ3v) is 1.50. The average molecular weight is 199 g/mol. The van der Waals surface area contributed by atoms with Gasteiger partial charge in [-0.25, -0.2) is 4.79 Å². The fourth-order valence-electron chi connectivity index (χ4n) is 0.907. The Bertz CT molecular complexity index is 378. The Balaban J connectivity index is 3.47. The van der Waals surface area contributed by atoms with Crippen molar-refractivity contribution in [1.82, 2.24) is 0 Å². The van der Waals surface area contributed by atoms with Crippen molar-refractivity contribution >= 4 is 11.7 Å². The van der Waals surface area contributed by atoms with Crippen LogP contribution in [0.4, 0.5) is 5.69 Å². The van der Waals surface area contributed by atoms with Crippen LogP contribution in [0.1, 0.15) is 10.4 Å². The number of carbonyl (C=O) groups is 1.